The van der Waals surface area contributed by atoms with Gasteiger partial charge in [0, 0.05) is 31.3 Å². The number of para-hydroxylation sites is 1. The molecule has 2 aromatic carbocycles. The van der Waals surface area contributed by atoms with E-state index in [9.17, 15) is 9.59 Å². The number of hydrogen-bond donors (Lipinski definition) is 1. The van der Waals surface area contributed by atoms with Gasteiger partial charge in [0.05, 0.1) is 24.8 Å². The van der Waals surface area contributed by atoms with E-state index >= 15 is 4.39 Å². The number of piperidine rings is 1. The highest BCUT2D eigenvalue weighted by atomic mass is 19.1. The average molecular weight is 468 g/mol. The highest BCUT2D eigenvalue weighted by Gasteiger charge is 2.50. The second-order valence-corrected chi connectivity index (χ2v) is 9.39. The van der Waals surface area contributed by atoms with Crippen molar-refractivity contribution in [1.29, 1.82) is 0 Å². The number of benzene rings is 2. The predicted molar refractivity (Wildman–Crippen MR) is 125 cm³/mol. The van der Waals surface area contributed by atoms with Crippen LogP contribution in [0.3, 0.4) is 0 Å². The number of nitrogens with zero attached hydrogens (tertiary/aromatic N) is 2. The third-order valence-corrected chi connectivity index (χ3v) is 7.15. The maximum absolute atomic E-state index is 16.0. The number of amides is 3. The molecule has 2 unspecified atom stereocenters. The molecule has 1 spiro atoms. The van der Waals surface area contributed by atoms with E-state index in [2.05, 4.69) is 5.32 Å². The summed E-state index contributed by atoms with van der Waals surface area (Å²) in [7, 11) is 1.78. The third-order valence-electron chi connectivity index (χ3n) is 7.15. The van der Waals surface area contributed by atoms with Crippen molar-refractivity contribution >= 4 is 11.9 Å². The molecule has 1 N–H and O–H groups in total. The lowest BCUT2D eigenvalue weighted by atomic mass is 9.77. The first-order valence-electron chi connectivity index (χ1n) is 11.9. The fourth-order valence-corrected chi connectivity index (χ4v) is 5.48. The Morgan fingerprint density at radius 2 is 1.88 bits per heavy atom. The zero-order chi connectivity index (χ0) is 23.7. The van der Waals surface area contributed by atoms with Crippen molar-refractivity contribution in [2.75, 3.05) is 40.0 Å². The molecule has 2 aromatic rings. The van der Waals surface area contributed by atoms with Gasteiger partial charge in [0.25, 0.3) is 0 Å². The molecule has 2 fully saturated rings. The number of carbonyl (C=O) groups excluding carboxylic acids is 2. The number of halogens is 1. The average Bonchev–Trinajstić information content (AvgIpc) is 2.83. The molecule has 2 saturated heterocycles. The molecule has 7 nitrogen and oxygen atoms in total. The molecule has 0 aromatic heterocycles. The van der Waals surface area contributed by atoms with Gasteiger partial charge in [-0.1, -0.05) is 36.4 Å². The molecule has 3 aliphatic heterocycles. The summed E-state index contributed by atoms with van der Waals surface area (Å²) in [6.07, 6.45) is 2.32. The Balaban J connectivity index is 1.62. The summed E-state index contributed by atoms with van der Waals surface area (Å²) >= 11 is 0. The first-order chi connectivity index (χ1) is 16.5. The molecule has 3 heterocycles. The van der Waals surface area contributed by atoms with Gasteiger partial charge in [-0.25, -0.2) is 9.18 Å². The minimum atomic E-state index is -0.745. The van der Waals surface area contributed by atoms with E-state index in [0.717, 1.165) is 6.42 Å². The molecule has 8 heteroatoms. The fourth-order valence-electron chi connectivity index (χ4n) is 5.48. The minimum Gasteiger partial charge on any atom is -0.493 e. The smallest absolute Gasteiger partial charge is 0.320 e. The summed E-state index contributed by atoms with van der Waals surface area (Å²) in [5.74, 6) is 0.0852. The number of nitrogens with one attached hydrogen (secondary N) is 1. The zero-order valence-corrected chi connectivity index (χ0v) is 19.4. The Bertz CT molecular complexity index is 1090. The zero-order valence-electron chi connectivity index (χ0n) is 19.4. The van der Waals surface area contributed by atoms with E-state index in [1.165, 1.54) is 0 Å². The maximum Gasteiger partial charge on any atom is 0.320 e. The highest BCUT2D eigenvalue weighted by Crippen LogP contribution is 2.37. The third kappa shape index (κ3) is 4.11. The van der Waals surface area contributed by atoms with E-state index in [1.54, 1.807) is 29.0 Å². The Morgan fingerprint density at radius 1 is 1.06 bits per heavy atom. The topological polar surface area (TPSA) is 71.1 Å². The summed E-state index contributed by atoms with van der Waals surface area (Å²) in [4.78, 5) is 29.4. The molecule has 0 aliphatic carbocycles. The summed E-state index contributed by atoms with van der Waals surface area (Å²) in [6.45, 7) is 1.79. The number of carbonyl (C=O) groups is 2. The first kappa shape index (κ1) is 22.7. The lowest BCUT2D eigenvalue weighted by Crippen LogP contribution is -2.72. The van der Waals surface area contributed by atoms with Crippen LogP contribution in [0.1, 0.15) is 24.8 Å². The molecular weight excluding hydrogens is 437 g/mol. The quantitative estimate of drug-likeness (QED) is 0.646. The summed E-state index contributed by atoms with van der Waals surface area (Å²) in [5.41, 5.74) is 0.919. The monoisotopic (exact) mass is 467 g/mol. The summed E-state index contributed by atoms with van der Waals surface area (Å²) < 4.78 is 27.6. The number of urea groups is 1. The van der Waals surface area contributed by atoms with Crippen LogP contribution in [-0.4, -0.2) is 73.3 Å². The van der Waals surface area contributed by atoms with E-state index in [-0.39, 0.29) is 30.8 Å². The fraction of sp³-hybridized carbons (Fsp3) is 0.462. The van der Waals surface area contributed by atoms with Crippen molar-refractivity contribution in [3.8, 4) is 16.9 Å². The Labute approximate surface area is 198 Å². The number of rotatable bonds is 0. The van der Waals surface area contributed by atoms with Crippen LogP contribution >= 0.6 is 0 Å². The standard InChI is InChI=1S/C26H30FN3O4/c1-29-12-6-14-34-21-10-3-2-8-19(21)20-9-4-7-18(24(20)27)15-22-26(17-33-16-23(31)28-26)11-5-13-30(22)25(29)32/h2-4,7-10,22H,5-6,11-17H2,1H3,(H,28,31). The first-order valence-corrected chi connectivity index (χ1v) is 11.9. The van der Waals surface area contributed by atoms with Gasteiger partial charge in [-0.05, 0) is 37.3 Å². The van der Waals surface area contributed by atoms with Crippen LogP contribution in [0, 0.1) is 5.82 Å². The van der Waals surface area contributed by atoms with Crippen LogP contribution in [0.2, 0.25) is 0 Å². The van der Waals surface area contributed by atoms with Crippen molar-refractivity contribution in [1.82, 2.24) is 15.1 Å². The Hall–Kier alpha value is -3.13. The molecule has 2 bridgehead atoms. The van der Waals surface area contributed by atoms with E-state index in [1.807, 2.05) is 30.3 Å². The van der Waals surface area contributed by atoms with Crippen LogP contribution < -0.4 is 10.1 Å². The van der Waals surface area contributed by atoms with Crippen LogP contribution in [0.25, 0.3) is 11.1 Å². The van der Waals surface area contributed by atoms with Crippen molar-refractivity contribution in [2.24, 2.45) is 0 Å². The van der Waals surface area contributed by atoms with Gasteiger partial charge in [0.15, 0.2) is 0 Å². The van der Waals surface area contributed by atoms with Crippen molar-refractivity contribution in [3.05, 3.63) is 53.8 Å². The van der Waals surface area contributed by atoms with Crippen molar-refractivity contribution in [2.45, 2.75) is 37.3 Å². The number of fused-ring (bicyclic) bond motifs is 6. The Kier molecular flexibility index (Phi) is 6.16. The molecule has 0 radical (unpaired) electrons. The van der Waals surface area contributed by atoms with E-state index in [4.69, 9.17) is 9.47 Å². The van der Waals surface area contributed by atoms with Crippen LogP contribution in [0.15, 0.2) is 42.5 Å². The molecule has 3 aliphatic rings. The van der Waals surface area contributed by atoms with Gasteiger partial charge < -0.3 is 24.6 Å². The van der Waals surface area contributed by atoms with Crippen LogP contribution in [-0.2, 0) is 16.0 Å². The number of ether oxygens (including phenoxy) is 2. The van der Waals surface area contributed by atoms with E-state index < -0.39 is 11.6 Å². The molecule has 2 atom stereocenters. The Morgan fingerprint density at radius 3 is 2.74 bits per heavy atom. The number of morpholine rings is 1. The molecule has 0 saturated carbocycles. The van der Waals surface area contributed by atoms with Gasteiger partial charge in [-0.15, -0.1) is 0 Å². The van der Waals surface area contributed by atoms with Crippen LogP contribution in [0.5, 0.6) is 5.75 Å². The van der Waals surface area contributed by atoms with Crippen molar-refractivity contribution in [3.63, 3.8) is 0 Å². The molecule has 3 amide bonds. The lowest BCUT2D eigenvalue weighted by Gasteiger charge is -2.52. The molecule has 5 rings (SSSR count). The molecular formula is C26H30FN3O4. The number of hydrogen-bond acceptors (Lipinski definition) is 4. The predicted octanol–water partition coefficient (Wildman–Crippen LogP) is 3.22. The largest absolute Gasteiger partial charge is 0.493 e. The van der Waals surface area contributed by atoms with Gasteiger partial charge in [0.2, 0.25) is 5.91 Å². The summed E-state index contributed by atoms with van der Waals surface area (Å²) in [6, 6.07) is 12.2. The second-order valence-electron chi connectivity index (χ2n) is 9.39. The highest BCUT2D eigenvalue weighted by molar-refractivity contribution is 5.80. The van der Waals surface area contributed by atoms with Crippen LogP contribution in [0.4, 0.5) is 9.18 Å². The van der Waals surface area contributed by atoms with E-state index in [0.29, 0.717) is 61.6 Å². The molecule has 34 heavy (non-hydrogen) atoms. The minimum absolute atomic E-state index is 0.00293. The van der Waals surface area contributed by atoms with Gasteiger partial charge in [-0.2, -0.15) is 0 Å². The summed E-state index contributed by atoms with van der Waals surface area (Å²) in [5, 5.41) is 3.13. The second kappa shape index (κ2) is 9.25. The maximum atomic E-state index is 16.0. The lowest BCUT2D eigenvalue weighted by molar-refractivity contribution is -0.140. The van der Waals surface area contributed by atoms with Gasteiger partial charge >= 0.3 is 6.03 Å². The molecule has 180 valence electrons. The SMILES string of the molecule is CN1CCCOc2ccccc2-c2cccc(c2F)CC2N(CCCC23COCC(=O)N3)C1=O. The normalized spacial score (nSPS) is 25.6. The van der Waals surface area contributed by atoms with Gasteiger partial charge in [0.1, 0.15) is 18.2 Å². The van der Waals surface area contributed by atoms with Gasteiger partial charge in [-0.3, -0.25) is 4.79 Å². The van der Waals surface area contributed by atoms with Crippen molar-refractivity contribution < 1.29 is 23.5 Å².